The summed E-state index contributed by atoms with van der Waals surface area (Å²) in [7, 11) is 4.00. The minimum Gasteiger partial charge on any atom is -0.389 e. The second kappa shape index (κ2) is 8.14. The topological polar surface area (TPSA) is 74.0 Å². The van der Waals surface area contributed by atoms with Crippen LogP contribution < -0.4 is 0 Å². The lowest BCUT2D eigenvalue weighted by Crippen LogP contribution is -2.56. The van der Waals surface area contributed by atoms with Gasteiger partial charge in [-0.15, -0.1) is 0 Å². The summed E-state index contributed by atoms with van der Waals surface area (Å²) in [4.78, 5) is 4.67. The number of rotatable bonds is 5. The van der Waals surface area contributed by atoms with E-state index in [9.17, 15) is 10.2 Å². The fourth-order valence-corrected chi connectivity index (χ4v) is 4.07. The van der Waals surface area contributed by atoms with Crippen LogP contribution in [0.5, 0.6) is 0 Å². The summed E-state index contributed by atoms with van der Waals surface area (Å²) in [5.74, 6) is 0.627. The molecule has 3 atom stereocenters. The normalized spacial score (nSPS) is 29.4. The maximum Gasteiger partial charge on any atom is 0.105 e. The van der Waals surface area contributed by atoms with E-state index in [1.807, 2.05) is 18.8 Å². The van der Waals surface area contributed by atoms with Gasteiger partial charge in [0.25, 0.3) is 0 Å². The van der Waals surface area contributed by atoms with Gasteiger partial charge in [-0.1, -0.05) is 0 Å². The second-order valence-electron chi connectivity index (χ2n) is 7.74. The van der Waals surface area contributed by atoms with Crippen molar-refractivity contribution in [1.29, 1.82) is 0 Å². The van der Waals surface area contributed by atoms with Gasteiger partial charge in [-0.2, -0.15) is 5.10 Å². The van der Waals surface area contributed by atoms with Crippen molar-refractivity contribution in [2.45, 2.75) is 44.6 Å². The summed E-state index contributed by atoms with van der Waals surface area (Å²) in [6, 6.07) is -0.111. The molecule has 0 amide bonds. The standard InChI is InChI=1S/C18H32N4O3/c1-13-15(9-21(3)19-13)10-22-6-4-14(5-7-22)8-20(2)16-11-25-12-17(23)18(16)24/h9,14,16-18,23-24H,4-8,10-12H2,1-3H3/t16-,17-,18+/m1/s1. The molecule has 2 fully saturated rings. The van der Waals surface area contributed by atoms with E-state index >= 15 is 0 Å². The molecule has 1 aromatic rings. The number of aryl methyl sites for hydroxylation is 2. The number of likely N-dealkylation sites (N-methyl/N-ethyl adjacent to an activating group) is 1. The van der Waals surface area contributed by atoms with Gasteiger partial charge >= 0.3 is 0 Å². The molecule has 2 aliphatic rings. The Morgan fingerprint density at radius 3 is 2.64 bits per heavy atom. The van der Waals surface area contributed by atoms with E-state index in [4.69, 9.17) is 4.74 Å². The molecule has 2 saturated heterocycles. The molecule has 25 heavy (non-hydrogen) atoms. The zero-order valence-corrected chi connectivity index (χ0v) is 15.6. The molecular weight excluding hydrogens is 320 g/mol. The zero-order chi connectivity index (χ0) is 18.0. The van der Waals surface area contributed by atoms with Crippen molar-refractivity contribution < 1.29 is 14.9 Å². The molecule has 0 unspecified atom stereocenters. The number of likely N-dealkylation sites (tertiary alicyclic amines) is 1. The van der Waals surface area contributed by atoms with Gasteiger partial charge in [-0.05, 0) is 45.8 Å². The predicted octanol–water partition coefficient (Wildman–Crippen LogP) is -0.00708. The lowest BCUT2D eigenvalue weighted by Gasteiger charge is -2.40. The van der Waals surface area contributed by atoms with Crippen LogP contribution in [0.1, 0.15) is 24.1 Å². The number of nitrogens with zero attached hydrogens (tertiary/aromatic N) is 4. The van der Waals surface area contributed by atoms with Crippen LogP contribution in [0.4, 0.5) is 0 Å². The fraction of sp³-hybridized carbons (Fsp3) is 0.833. The highest BCUT2D eigenvalue weighted by Crippen LogP contribution is 2.23. The minimum absolute atomic E-state index is 0.111. The van der Waals surface area contributed by atoms with Crippen LogP contribution in [-0.2, 0) is 18.3 Å². The van der Waals surface area contributed by atoms with E-state index in [0.29, 0.717) is 12.5 Å². The summed E-state index contributed by atoms with van der Waals surface area (Å²) in [5.41, 5.74) is 2.43. The molecule has 3 rings (SSSR count). The number of hydrogen-bond donors (Lipinski definition) is 2. The zero-order valence-electron chi connectivity index (χ0n) is 15.6. The molecule has 2 aliphatic heterocycles. The van der Waals surface area contributed by atoms with Crippen LogP contribution in [0.2, 0.25) is 0 Å². The van der Waals surface area contributed by atoms with Crippen LogP contribution in [0.3, 0.4) is 0 Å². The molecule has 2 N–H and O–H groups in total. The van der Waals surface area contributed by atoms with Gasteiger partial charge in [-0.25, -0.2) is 0 Å². The monoisotopic (exact) mass is 352 g/mol. The van der Waals surface area contributed by atoms with Gasteiger partial charge in [0.15, 0.2) is 0 Å². The van der Waals surface area contributed by atoms with Crippen molar-refractivity contribution in [2.24, 2.45) is 13.0 Å². The first-order chi connectivity index (χ1) is 11.9. The summed E-state index contributed by atoms with van der Waals surface area (Å²) < 4.78 is 7.29. The summed E-state index contributed by atoms with van der Waals surface area (Å²) in [6.45, 7) is 6.91. The Labute approximate surface area is 150 Å². The van der Waals surface area contributed by atoms with Gasteiger partial charge < -0.3 is 14.9 Å². The average Bonchev–Trinajstić information content (AvgIpc) is 2.89. The molecule has 7 nitrogen and oxygen atoms in total. The van der Waals surface area contributed by atoms with E-state index < -0.39 is 12.2 Å². The van der Waals surface area contributed by atoms with Gasteiger partial charge in [0.1, 0.15) is 6.10 Å². The molecule has 7 heteroatoms. The van der Waals surface area contributed by atoms with Crippen molar-refractivity contribution in [1.82, 2.24) is 19.6 Å². The van der Waals surface area contributed by atoms with Crippen molar-refractivity contribution >= 4 is 0 Å². The molecule has 0 saturated carbocycles. The van der Waals surface area contributed by atoms with Gasteiger partial charge in [0.2, 0.25) is 0 Å². The first kappa shape index (κ1) is 18.8. The van der Waals surface area contributed by atoms with Crippen molar-refractivity contribution in [2.75, 3.05) is 39.9 Å². The third-order valence-corrected chi connectivity index (χ3v) is 5.69. The summed E-state index contributed by atoms with van der Waals surface area (Å²) in [6.07, 6.45) is 2.95. The number of ether oxygens (including phenoxy) is 1. The highest BCUT2D eigenvalue weighted by Gasteiger charge is 2.35. The minimum atomic E-state index is -0.772. The molecule has 0 spiro atoms. The average molecular weight is 352 g/mol. The first-order valence-corrected chi connectivity index (χ1v) is 9.29. The molecule has 1 aromatic heterocycles. The first-order valence-electron chi connectivity index (χ1n) is 9.29. The van der Waals surface area contributed by atoms with Gasteiger partial charge in [0, 0.05) is 31.9 Å². The van der Waals surface area contributed by atoms with Crippen LogP contribution in [0, 0.1) is 12.8 Å². The number of hydrogen-bond acceptors (Lipinski definition) is 6. The fourth-order valence-electron chi connectivity index (χ4n) is 4.07. The smallest absolute Gasteiger partial charge is 0.105 e. The SMILES string of the molecule is Cc1nn(C)cc1CN1CCC(CN(C)[C@@H]2COC[C@@H](O)[C@H]2O)CC1. The Morgan fingerprint density at radius 1 is 1.28 bits per heavy atom. The highest BCUT2D eigenvalue weighted by molar-refractivity contribution is 5.15. The van der Waals surface area contributed by atoms with E-state index in [2.05, 4.69) is 28.0 Å². The molecule has 142 valence electrons. The van der Waals surface area contributed by atoms with Gasteiger partial charge in [0.05, 0.1) is 31.1 Å². The van der Waals surface area contributed by atoms with Crippen LogP contribution in [0.25, 0.3) is 0 Å². The Morgan fingerprint density at radius 2 is 2.00 bits per heavy atom. The Kier molecular flexibility index (Phi) is 6.12. The van der Waals surface area contributed by atoms with Crippen LogP contribution in [0.15, 0.2) is 6.20 Å². The lowest BCUT2D eigenvalue weighted by molar-refractivity contribution is -0.130. The molecule has 0 radical (unpaired) electrons. The number of aliphatic hydroxyl groups excluding tert-OH is 2. The predicted molar refractivity (Wildman–Crippen MR) is 95.2 cm³/mol. The number of piperidine rings is 1. The second-order valence-corrected chi connectivity index (χ2v) is 7.74. The summed E-state index contributed by atoms with van der Waals surface area (Å²) in [5, 5.41) is 24.4. The lowest BCUT2D eigenvalue weighted by atomic mass is 9.94. The van der Waals surface area contributed by atoms with Crippen LogP contribution >= 0.6 is 0 Å². The third kappa shape index (κ3) is 4.60. The summed E-state index contributed by atoms with van der Waals surface area (Å²) >= 11 is 0. The molecule has 0 aromatic carbocycles. The van der Waals surface area contributed by atoms with E-state index in [-0.39, 0.29) is 12.6 Å². The molecular formula is C18H32N4O3. The molecule has 0 aliphatic carbocycles. The van der Waals surface area contributed by atoms with Crippen molar-refractivity contribution in [3.8, 4) is 0 Å². The van der Waals surface area contributed by atoms with E-state index in [1.54, 1.807) is 0 Å². The number of aromatic nitrogens is 2. The largest absolute Gasteiger partial charge is 0.389 e. The molecule has 0 bridgehead atoms. The van der Waals surface area contributed by atoms with E-state index in [0.717, 1.165) is 44.7 Å². The number of aliphatic hydroxyl groups is 2. The van der Waals surface area contributed by atoms with Crippen molar-refractivity contribution in [3.05, 3.63) is 17.5 Å². The van der Waals surface area contributed by atoms with Crippen LogP contribution in [-0.4, -0.2) is 87.9 Å². The van der Waals surface area contributed by atoms with Gasteiger partial charge in [-0.3, -0.25) is 14.5 Å². The highest BCUT2D eigenvalue weighted by atomic mass is 16.5. The molecule has 3 heterocycles. The Bertz CT molecular complexity index is 557. The quantitative estimate of drug-likeness (QED) is 0.777. The maximum atomic E-state index is 10.2. The van der Waals surface area contributed by atoms with E-state index in [1.165, 1.54) is 5.56 Å². The maximum absolute atomic E-state index is 10.2. The Hall–Kier alpha value is -0.990. The Balaban J connectivity index is 1.45. The third-order valence-electron chi connectivity index (χ3n) is 5.69. The van der Waals surface area contributed by atoms with Crippen molar-refractivity contribution in [3.63, 3.8) is 0 Å².